The van der Waals surface area contributed by atoms with Crippen LogP contribution in [-0.4, -0.2) is 0 Å². The van der Waals surface area contributed by atoms with E-state index in [0.717, 1.165) is 41.5 Å². The highest BCUT2D eigenvalue weighted by Gasteiger charge is 2.33. The number of hydrogen-bond acceptors (Lipinski definition) is 3. The van der Waals surface area contributed by atoms with Gasteiger partial charge in [-0.05, 0) is 42.5 Å². The number of allylic oxidation sites excluding steroid dienone is 3. The van der Waals surface area contributed by atoms with Crippen LogP contribution in [0, 0.1) is 11.3 Å². The molecule has 0 fully saturated rings. The van der Waals surface area contributed by atoms with Crippen LogP contribution in [0.25, 0.3) is 0 Å². The molecule has 0 radical (unpaired) electrons. The lowest BCUT2D eigenvalue weighted by atomic mass is 9.78. The number of hydrogen-bond donors (Lipinski definition) is 1. The first-order chi connectivity index (χ1) is 9.70. The number of rotatable bonds is 1. The summed E-state index contributed by atoms with van der Waals surface area (Å²) in [4.78, 5) is 0. The van der Waals surface area contributed by atoms with Gasteiger partial charge in [-0.2, -0.15) is 5.26 Å². The molecule has 0 amide bonds. The minimum absolute atomic E-state index is 0.0541. The number of halogens is 1. The van der Waals surface area contributed by atoms with Gasteiger partial charge in [0.05, 0.1) is 0 Å². The van der Waals surface area contributed by atoms with Crippen molar-refractivity contribution in [2.75, 3.05) is 0 Å². The Labute approximate surface area is 126 Å². The van der Waals surface area contributed by atoms with Crippen LogP contribution in [0.5, 0.6) is 0 Å². The van der Waals surface area contributed by atoms with Gasteiger partial charge in [0.15, 0.2) is 0 Å². The summed E-state index contributed by atoms with van der Waals surface area (Å²) < 4.78 is 6.69. The first kappa shape index (κ1) is 13.3. The third-order valence-corrected chi connectivity index (χ3v) is 4.39. The maximum Gasteiger partial charge on any atom is 0.205 e. The minimum Gasteiger partial charge on any atom is -0.445 e. The van der Waals surface area contributed by atoms with Gasteiger partial charge in [0.2, 0.25) is 5.88 Å². The molecule has 0 spiro atoms. The van der Waals surface area contributed by atoms with Crippen LogP contribution in [0.1, 0.15) is 37.2 Å². The fourth-order valence-electron chi connectivity index (χ4n) is 3.00. The van der Waals surface area contributed by atoms with Crippen molar-refractivity contribution < 1.29 is 4.74 Å². The molecule has 20 heavy (non-hydrogen) atoms. The van der Waals surface area contributed by atoms with Gasteiger partial charge < -0.3 is 10.5 Å². The van der Waals surface area contributed by atoms with Crippen molar-refractivity contribution in [2.24, 2.45) is 5.73 Å². The topological polar surface area (TPSA) is 59.0 Å². The SMILES string of the molecule is N#CC1=C(N)OC2=C(CCCC2)[C@@H]1c1cccc(Br)c1. The highest BCUT2D eigenvalue weighted by Crippen LogP contribution is 2.44. The summed E-state index contributed by atoms with van der Waals surface area (Å²) in [5.74, 6) is 1.18. The first-order valence-electron chi connectivity index (χ1n) is 6.75. The fourth-order valence-corrected chi connectivity index (χ4v) is 3.42. The Morgan fingerprint density at radius 1 is 1.30 bits per heavy atom. The highest BCUT2D eigenvalue weighted by molar-refractivity contribution is 9.10. The second-order valence-corrected chi connectivity index (χ2v) is 6.05. The van der Waals surface area contributed by atoms with Crippen molar-refractivity contribution >= 4 is 15.9 Å². The number of benzene rings is 1. The predicted molar refractivity (Wildman–Crippen MR) is 80.3 cm³/mol. The molecular weight excluding hydrogens is 316 g/mol. The van der Waals surface area contributed by atoms with Crippen LogP contribution in [0.2, 0.25) is 0 Å². The van der Waals surface area contributed by atoms with Crippen LogP contribution < -0.4 is 5.73 Å². The molecule has 1 atom stereocenters. The molecule has 3 nitrogen and oxygen atoms in total. The molecule has 1 aliphatic heterocycles. The van der Waals surface area contributed by atoms with E-state index in [4.69, 9.17) is 10.5 Å². The lowest BCUT2D eigenvalue weighted by molar-refractivity contribution is 0.251. The number of nitriles is 1. The smallest absolute Gasteiger partial charge is 0.205 e. The van der Waals surface area contributed by atoms with Crippen molar-refractivity contribution in [3.05, 3.63) is 57.1 Å². The summed E-state index contributed by atoms with van der Waals surface area (Å²) in [5, 5.41) is 9.45. The zero-order valence-electron chi connectivity index (χ0n) is 11.0. The molecule has 0 aromatic heterocycles. The molecule has 0 saturated carbocycles. The molecule has 4 heteroatoms. The van der Waals surface area contributed by atoms with Gasteiger partial charge in [0, 0.05) is 16.8 Å². The van der Waals surface area contributed by atoms with E-state index in [0.29, 0.717) is 5.57 Å². The Morgan fingerprint density at radius 3 is 2.85 bits per heavy atom. The van der Waals surface area contributed by atoms with Gasteiger partial charge in [0.1, 0.15) is 17.4 Å². The number of ether oxygens (including phenoxy) is 1. The highest BCUT2D eigenvalue weighted by atomic mass is 79.9. The summed E-state index contributed by atoms with van der Waals surface area (Å²) in [6, 6.07) is 10.3. The van der Waals surface area contributed by atoms with E-state index in [-0.39, 0.29) is 11.8 Å². The fraction of sp³-hybridized carbons (Fsp3) is 0.312. The average Bonchev–Trinajstić information content (AvgIpc) is 2.45. The summed E-state index contributed by atoms with van der Waals surface area (Å²) in [6.07, 6.45) is 4.16. The first-order valence-corrected chi connectivity index (χ1v) is 7.55. The van der Waals surface area contributed by atoms with Gasteiger partial charge in [0.25, 0.3) is 0 Å². The lowest BCUT2D eigenvalue weighted by Crippen LogP contribution is -2.22. The molecule has 1 aromatic carbocycles. The van der Waals surface area contributed by atoms with E-state index in [1.54, 1.807) is 0 Å². The van der Waals surface area contributed by atoms with Crippen LogP contribution in [0.15, 0.2) is 51.5 Å². The molecule has 1 heterocycles. The van der Waals surface area contributed by atoms with Gasteiger partial charge in [-0.1, -0.05) is 28.1 Å². The van der Waals surface area contributed by atoms with Gasteiger partial charge in [-0.15, -0.1) is 0 Å². The summed E-state index contributed by atoms with van der Waals surface area (Å²) in [7, 11) is 0. The normalized spacial score (nSPS) is 22.1. The molecular formula is C16H15BrN2O. The summed E-state index contributed by atoms with van der Waals surface area (Å²) >= 11 is 3.50. The zero-order chi connectivity index (χ0) is 14.1. The third kappa shape index (κ3) is 2.23. The minimum atomic E-state index is -0.0541. The van der Waals surface area contributed by atoms with Crippen molar-refractivity contribution in [1.82, 2.24) is 0 Å². The number of nitrogens with two attached hydrogens (primary N) is 1. The molecule has 2 N–H and O–H groups in total. The summed E-state index contributed by atoms with van der Waals surface area (Å²) in [6.45, 7) is 0. The van der Waals surface area contributed by atoms with Crippen LogP contribution >= 0.6 is 15.9 Å². The van der Waals surface area contributed by atoms with Gasteiger partial charge >= 0.3 is 0 Å². The Morgan fingerprint density at radius 2 is 2.10 bits per heavy atom. The van der Waals surface area contributed by atoms with Gasteiger partial charge in [-0.3, -0.25) is 0 Å². The molecule has 3 rings (SSSR count). The number of nitrogens with zero attached hydrogens (tertiary/aromatic N) is 1. The molecule has 2 aliphatic rings. The van der Waals surface area contributed by atoms with E-state index in [1.165, 1.54) is 5.57 Å². The van der Waals surface area contributed by atoms with E-state index in [1.807, 2.05) is 18.2 Å². The van der Waals surface area contributed by atoms with Crippen molar-refractivity contribution in [1.29, 1.82) is 5.26 Å². The lowest BCUT2D eigenvalue weighted by Gasteiger charge is -2.32. The van der Waals surface area contributed by atoms with Crippen molar-refractivity contribution in [3.8, 4) is 6.07 Å². The molecule has 1 aromatic rings. The van der Waals surface area contributed by atoms with Crippen LogP contribution in [-0.2, 0) is 4.74 Å². The second kappa shape index (κ2) is 5.34. The average molecular weight is 331 g/mol. The van der Waals surface area contributed by atoms with E-state index >= 15 is 0 Å². The van der Waals surface area contributed by atoms with Crippen LogP contribution in [0.4, 0.5) is 0 Å². The van der Waals surface area contributed by atoms with E-state index in [2.05, 4.69) is 28.1 Å². The maximum atomic E-state index is 9.45. The molecule has 0 unspecified atom stereocenters. The Hall–Kier alpha value is -1.73. The molecule has 0 bridgehead atoms. The van der Waals surface area contributed by atoms with Crippen LogP contribution in [0.3, 0.4) is 0 Å². The predicted octanol–water partition coefficient (Wildman–Crippen LogP) is 4.08. The van der Waals surface area contributed by atoms with E-state index in [9.17, 15) is 5.26 Å². The Balaban J connectivity index is 2.14. The van der Waals surface area contributed by atoms with E-state index < -0.39 is 0 Å². The van der Waals surface area contributed by atoms with Crippen molar-refractivity contribution in [3.63, 3.8) is 0 Å². The Kier molecular flexibility index (Phi) is 3.54. The zero-order valence-corrected chi connectivity index (χ0v) is 12.6. The molecule has 1 aliphatic carbocycles. The molecule has 102 valence electrons. The molecule has 0 saturated heterocycles. The monoisotopic (exact) mass is 330 g/mol. The Bertz CT molecular complexity index is 655. The third-order valence-electron chi connectivity index (χ3n) is 3.90. The largest absolute Gasteiger partial charge is 0.445 e. The standard InChI is InChI=1S/C16H15BrN2O/c17-11-5-3-4-10(8-11)15-12-6-1-2-7-14(12)20-16(19)13(15)9-18/h3-5,8,15H,1-2,6-7,19H2/t15-/m0/s1. The maximum absolute atomic E-state index is 9.45. The van der Waals surface area contributed by atoms with Crippen molar-refractivity contribution in [2.45, 2.75) is 31.6 Å². The second-order valence-electron chi connectivity index (χ2n) is 5.14. The quantitative estimate of drug-likeness (QED) is 0.843. The summed E-state index contributed by atoms with van der Waals surface area (Å²) in [5.41, 5.74) is 8.80. The van der Waals surface area contributed by atoms with Gasteiger partial charge in [-0.25, -0.2) is 0 Å².